The Morgan fingerprint density at radius 3 is 2.60 bits per heavy atom. The number of nitrogens with one attached hydrogen (secondary N) is 1. The van der Waals surface area contributed by atoms with Crippen molar-refractivity contribution < 1.29 is 9.59 Å². The first-order valence-corrected chi connectivity index (χ1v) is 12.3. The SMILES string of the molecule is CCCC(C)(C)NC(=O)C1CC[C@H]2[C@@H]3CCC4N(C)C(=O)C=C[C@]4(C)[C@@H]3CC[C@]12C. The van der Waals surface area contributed by atoms with Crippen LogP contribution in [0.15, 0.2) is 12.2 Å². The van der Waals surface area contributed by atoms with E-state index in [0.29, 0.717) is 29.7 Å². The lowest BCUT2D eigenvalue weighted by atomic mass is 9.47. The van der Waals surface area contributed by atoms with Crippen molar-refractivity contribution in [2.45, 2.75) is 97.6 Å². The lowest BCUT2D eigenvalue weighted by molar-refractivity contribution is -0.143. The highest BCUT2D eigenvalue weighted by molar-refractivity contribution is 5.89. The van der Waals surface area contributed by atoms with Gasteiger partial charge in [-0.05, 0) is 88.0 Å². The molecule has 4 nitrogen and oxygen atoms in total. The van der Waals surface area contributed by atoms with E-state index in [1.54, 1.807) is 0 Å². The van der Waals surface area contributed by atoms with Crippen LogP contribution in [0.5, 0.6) is 0 Å². The normalized spacial score (nSPS) is 43.1. The summed E-state index contributed by atoms with van der Waals surface area (Å²) in [4.78, 5) is 27.6. The predicted molar refractivity (Wildman–Crippen MR) is 121 cm³/mol. The summed E-state index contributed by atoms with van der Waals surface area (Å²) < 4.78 is 0. The molecule has 1 N–H and O–H groups in total. The molecule has 0 saturated heterocycles. The van der Waals surface area contributed by atoms with E-state index < -0.39 is 0 Å². The van der Waals surface area contributed by atoms with Gasteiger partial charge in [-0.15, -0.1) is 0 Å². The van der Waals surface area contributed by atoms with Crippen LogP contribution in [0.4, 0.5) is 0 Å². The number of carbonyl (C=O) groups is 2. The summed E-state index contributed by atoms with van der Waals surface area (Å²) in [5.74, 6) is 2.53. The molecule has 1 aliphatic heterocycles. The number of hydrogen-bond donors (Lipinski definition) is 1. The van der Waals surface area contributed by atoms with Crippen molar-refractivity contribution in [1.29, 1.82) is 0 Å². The number of nitrogens with zero attached hydrogens (tertiary/aromatic N) is 1. The Morgan fingerprint density at radius 2 is 1.90 bits per heavy atom. The molecule has 4 aliphatic rings. The van der Waals surface area contributed by atoms with Gasteiger partial charge in [0.2, 0.25) is 11.8 Å². The topological polar surface area (TPSA) is 49.4 Å². The Hall–Kier alpha value is -1.32. The number of fused-ring (bicyclic) bond motifs is 5. The Labute approximate surface area is 183 Å². The van der Waals surface area contributed by atoms with Gasteiger partial charge in [-0.2, -0.15) is 0 Å². The molecule has 7 atom stereocenters. The summed E-state index contributed by atoms with van der Waals surface area (Å²) in [7, 11) is 1.98. The number of carbonyl (C=O) groups excluding carboxylic acids is 2. The molecule has 3 fully saturated rings. The zero-order chi connectivity index (χ0) is 21.9. The molecule has 1 heterocycles. The van der Waals surface area contributed by atoms with Gasteiger partial charge in [0.25, 0.3) is 0 Å². The third-order valence-corrected chi connectivity index (χ3v) is 9.78. The van der Waals surface area contributed by atoms with Crippen LogP contribution in [0.2, 0.25) is 0 Å². The highest BCUT2D eigenvalue weighted by Crippen LogP contribution is 2.65. The van der Waals surface area contributed by atoms with Gasteiger partial charge in [0, 0.05) is 30.0 Å². The Balaban J connectivity index is 1.55. The van der Waals surface area contributed by atoms with E-state index in [0.717, 1.165) is 32.1 Å². The highest BCUT2D eigenvalue weighted by atomic mass is 16.2. The second-order valence-corrected chi connectivity index (χ2v) is 11.9. The maximum atomic E-state index is 13.4. The molecule has 3 saturated carbocycles. The molecular formula is C26H42N2O2. The van der Waals surface area contributed by atoms with Crippen molar-refractivity contribution in [3.63, 3.8) is 0 Å². The summed E-state index contributed by atoms with van der Waals surface area (Å²) in [6, 6.07) is 0.330. The Kier molecular flexibility index (Phi) is 5.38. The molecule has 2 unspecified atom stereocenters. The summed E-state index contributed by atoms with van der Waals surface area (Å²) in [5.41, 5.74) is 0.0836. The van der Waals surface area contributed by atoms with Crippen molar-refractivity contribution >= 4 is 11.8 Å². The largest absolute Gasteiger partial charge is 0.351 e. The summed E-state index contributed by atoms with van der Waals surface area (Å²) >= 11 is 0. The van der Waals surface area contributed by atoms with Crippen molar-refractivity contribution in [2.24, 2.45) is 34.5 Å². The molecule has 0 radical (unpaired) electrons. The van der Waals surface area contributed by atoms with Crippen LogP contribution in [-0.2, 0) is 9.59 Å². The van der Waals surface area contributed by atoms with Crippen molar-refractivity contribution in [3.05, 3.63) is 12.2 Å². The van der Waals surface area contributed by atoms with E-state index in [2.05, 4.69) is 46.0 Å². The second kappa shape index (κ2) is 7.38. The molecule has 0 bridgehead atoms. The average molecular weight is 415 g/mol. The molecule has 0 spiro atoms. The maximum Gasteiger partial charge on any atom is 0.246 e. The number of amides is 2. The van der Waals surface area contributed by atoms with Gasteiger partial charge in [-0.1, -0.05) is 33.3 Å². The third kappa shape index (κ3) is 3.24. The van der Waals surface area contributed by atoms with Crippen LogP contribution >= 0.6 is 0 Å². The van der Waals surface area contributed by atoms with Gasteiger partial charge in [0.05, 0.1) is 0 Å². The van der Waals surface area contributed by atoms with Crippen LogP contribution in [0.3, 0.4) is 0 Å². The first-order chi connectivity index (χ1) is 14.0. The van der Waals surface area contributed by atoms with E-state index in [4.69, 9.17) is 0 Å². The Bertz CT molecular complexity index is 743. The number of hydrogen-bond acceptors (Lipinski definition) is 2. The molecule has 0 aromatic carbocycles. The predicted octanol–water partition coefficient (Wildman–Crippen LogP) is 4.94. The second-order valence-electron chi connectivity index (χ2n) is 11.9. The minimum Gasteiger partial charge on any atom is -0.351 e. The average Bonchev–Trinajstić information content (AvgIpc) is 3.02. The minimum atomic E-state index is -0.118. The van der Waals surface area contributed by atoms with Crippen molar-refractivity contribution in [3.8, 4) is 0 Å². The molecule has 3 aliphatic carbocycles. The van der Waals surface area contributed by atoms with Gasteiger partial charge in [0.1, 0.15) is 0 Å². The summed E-state index contributed by atoms with van der Waals surface area (Å²) in [5, 5.41) is 3.40. The fourth-order valence-electron chi connectivity index (χ4n) is 8.28. The number of rotatable bonds is 4. The molecule has 4 rings (SSSR count). The molecule has 0 aromatic heterocycles. The van der Waals surface area contributed by atoms with Crippen LogP contribution in [0, 0.1) is 34.5 Å². The third-order valence-electron chi connectivity index (χ3n) is 9.78. The van der Waals surface area contributed by atoms with Gasteiger partial charge in [0.15, 0.2) is 0 Å². The first-order valence-electron chi connectivity index (χ1n) is 12.3. The van der Waals surface area contributed by atoms with Crippen LogP contribution < -0.4 is 5.32 Å². The molecule has 0 aromatic rings. The molecule has 30 heavy (non-hydrogen) atoms. The number of likely N-dealkylation sites (N-methyl/N-ethyl adjacent to an activating group) is 1. The monoisotopic (exact) mass is 414 g/mol. The first kappa shape index (κ1) is 21.9. The van der Waals surface area contributed by atoms with E-state index in [1.807, 2.05) is 18.0 Å². The van der Waals surface area contributed by atoms with Crippen LogP contribution in [0.1, 0.15) is 86.0 Å². The molecule has 2 amide bonds. The van der Waals surface area contributed by atoms with Crippen LogP contribution in [-0.4, -0.2) is 35.3 Å². The van der Waals surface area contributed by atoms with Gasteiger partial charge >= 0.3 is 0 Å². The lowest BCUT2D eigenvalue weighted by Crippen LogP contribution is -2.60. The van der Waals surface area contributed by atoms with E-state index >= 15 is 0 Å². The van der Waals surface area contributed by atoms with Crippen molar-refractivity contribution in [1.82, 2.24) is 10.2 Å². The fraction of sp³-hybridized carbons (Fsp3) is 0.846. The standard InChI is InChI=1S/C26H42N2O2/c1-7-14-24(2,3)27-23(30)20-10-9-18-17-8-11-21-26(5,16-13-22(29)28(21)6)19(17)12-15-25(18,20)4/h13,16-21H,7-12,14-15H2,1-6H3,(H,27,30)/t17-,18-,19+,20?,21?,25-,26+/m0/s1. The highest BCUT2D eigenvalue weighted by Gasteiger charge is 2.61. The van der Waals surface area contributed by atoms with Gasteiger partial charge < -0.3 is 10.2 Å². The van der Waals surface area contributed by atoms with Crippen molar-refractivity contribution in [2.75, 3.05) is 7.05 Å². The van der Waals surface area contributed by atoms with E-state index in [9.17, 15) is 9.59 Å². The maximum absolute atomic E-state index is 13.4. The molecule has 168 valence electrons. The van der Waals surface area contributed by atoms with Gasteiger partial charge in [-0.3, -0.25) is 9.59 Å². The minimum absolute atomic E-state index is 0.0797. The summed E-state index contributed by atoms with van der Waals surface area (Å²) in [6.07, 6.45) is 13.0. The molecule has 4 heteroatoms. The quantitative estimate of drug-likeness (QED) is 0.708. The zero-order valence-corrected chi connectivity index (χ0v) is 20.0. The summed E-state index contributed by atoms with van der Waals surface area (Å²) in [6.45, 7) is 11.3. The molecular weight excluding hydrogens is 372 g/mol. The Morgan fingerprint density at radius 1 is 1.17 bits per heavy atom. The van der Waals surface area contributed by atoms with Crippen LogP contribution in [0.25, 0.3) is 0 Å². The van der Waals surface area contributed by atoms with E-state index in [1.165, 1.54) is 19.3 Å². The fourth-order valence-corrected chi connectivity index (χ4v) is 8.28. The van der Waals surface area contributed by atoms with E-state index in [-0.39, 0.29) is 28.2 Å². The smallest absolute Gasteiger partial charge is 0.246 e. The van der Waals surface area contributed by atoms with Gasteiger partial charge in [-0.25, -0.2) is 0 Å². The zero-order valence-electron chi connectivity index (χ0n) is 20.0. The lowest BCUT2D eigenvalue weighted by Gasteiger charge is -2.60.